The van der Waals surface area contributed by atoms with Crippen molar-refractivity contribution >= 4 is 44.8 Å². The van der Waals surface area contributed by atoms with E-state index < -0.39 is 0 Å². The van der Waals surface area contributed by atoms with Gasteiger partial charge in [-0.15, -0.1) is 0 Å². The molecule has 0 saturated heterocycles. The SMILES string of the molecule is ClC=C(Cl)CNc1cccc(Br)c1. The van der Waals surface area contributed by atoms with Gasteiger partial charge in [0.1, 0.15) is 0 Å². The minimum atomic E-state index is 0.543. The maximum Gasteiger partial charge on any atom is 0.0516 e. The fourth-order valence-electron chi connectivity index (χ4n) is 0.824. The maximum atomic E-state index is 5.71. The summed E-state index contributed by atoms with van der Waals surface area (Å²) < 4.78 is 1.03. The molecule has 1 nitrogen and oxygen atoms in total. The van der Waals surface area contributed by atoms with E-state index in [2.05, 4.69) is 21.2 Å². The van der Waals surface area contributed by atoms with Gasteiger partial charge in [-0.2, -0.15) is 0 Å². The molecule has 0 fully saturated rings. The van der Waals surface area contributed by atoms with Crippen LogP contribution in [0.4, 0.5) is 5.69 Å². The van der Waals surface area contributed by atoms with Gasteiger partial charge in [0.25, 0.3) is 0 Å². The molecule has 0 saturated carbocycles. The zero-order valence-electron chi connectivity index (χ0n) is 6.73. The van der Waals surface area contributed by atoms with Gasteiger partial charge in [0.15, 0.2) is 0 Å². The minimum Gasteiger partial charge on any atom is -0.380 e. The van der Waals surface area contributed by atoms with Crippen LogP contribution in [-0.2, 0) is 0 Å². The molecule has 0 radical (unpaired) electrons. The summed E-state index contributed by atoms with van der Waals surface area (Å²) in [5.74, 6) is 0. The van der Waals surface area contributed by atoms with Crippen LogP contribution in [0.1, 0.15) is 0 Å². The number of hydrogen-bond donors (Lipinski definition) is 1. The normalized spacial score (nSPS) is 11.5. The lowest BCUT2D eigenvalue weighted by atomic mass is 10.3. The Kier molecular flexibility index (Phi) is 4.64. The van der Waals surface area contributed by atoms with E-state index in [1.807, 2.05) is 24.3 Å². The first-order valence-electron chi connectivity index (χ1n) is 3.66. The summed E-state index contributed by atoms with van der Waals surface area (Å²) in [6.45, 7) is 0.543. The van der Waals surface area contributed by atoms with Crippen LogP contribution in [0.25, 0.3) is 0 Å². The van der Waals surface area contributed by atoms with Crippen LogP contribution >= 0.6 is 39.1 Å². The van der Waals surface area contributed by atoms with Gasteiger partial charge < -0.3 is 5.32 Å². The van der Waals surface area contributed by atoms with Gasteiger partial charge in [0.05, 0.1) is 6.54 Å². The molecule has 1 N–H and O–H groups in total. The Balaban J connectivity index is 2.55. The predicted octanol–water partition coefficient (Wildman–Crippen LogP) is 4.18. The van der Waals surface area contributed by atoms with Crippen molar-refractivity contribution in [3.63, 3.8) is 0 Å². The monoisotopic (exact) mass is 279 g/mol. The van der Waals surface area contributed by atoms with Crippen LogP contribution in [0.2, 0.25) is 0 Å². The van der Waals surface area contributed by atoms with Gasteiger partial charge in [0, 0.05) is 20.7 Å². The molecule has 0 heterocycles. The lowest BCUT2D eigenvalue weighted by Crippen LogP contribution is -2.00. The molecule has 1 rings (SSSR count). The third-order valence-corrected chi connectivity index (χ3v) is 2.52. The average molecular weight is 281 g/mol. The van der Waals surface area contributed by atoms with Gasteiger partial charge in [-0.1, -0.05) is 45.2 Å². The van der Waals surface area contributed by atoms with Gasteiger partial charge >= 0.3 is 0 Å². The lowest BCUT2D eigenvalue weighted by Gasteiger charge is -2.04. The largest absolute Gasteiger partial charge is 0.380 e. The van der Waals surface area contributed by atoms with Crippen molar-refractivity contribution in [3.05, 3.63) is 39.3 Å². The molecule has 0 spiro atoms. The molecule has 0 unspecified atom stereocenters. The highest BCUT2D eigenvalue weighted by molar-refractivity contribution is 9.10. The van der Waals surface area contributed by atoms with E-state index in [-0.39, 0.29) is 0 Å². The Labute approximate surface area is 95.9 Å². The van der Waals surface area contributed by atoms with Crippen LogP contribution in [0.3, 0.4) is 0 Å². The van der Waals surface area contributed by atoms with Crippen LogP contribution in [0, 0.1) is 0 Å². The van der Waals surface area contributed by atoms with Crippen molar-refractivity contribution in [2.45, 2.75) is 0 Å². The second kappa shape index (κ2) is 5.53. The summed E-state index contributed by atoms with van der Waals surface area (Å²) in [6, 6.07) is 7.84. The van der Waals surface area contributed by atoms with Crippen molar-refractivity contribution in [2.24, 2.45) is 0 Å². The number of rotatable bonds is 3. The molecule has 0 aliphatic carbocycles. The van der Waals surface area contributed by atoms with E-state index in [1.54, 1.807) is 0 Å². The predicted molar refractivity (Wildman–Crippen MR) is 62.4 cm³/mol. The number of anilines is 1. The molecular formula is C9H8BrCl2N. The van der Waals surface area contributed by atoms with Gasteiger partial charge in [-0.25, -0.2) is 0 Å². The summed E-state index contributed by atoms with van der Waals surface area (Å²) in [6.07, 6.45) is 0. The molecule has 0 atom stereocenters. The zero-order valence-corrected chi connectivity index (χ0v) is 9.83. The van der Waals surface area contributed by atoms with E-state index in [0.29, 0.717) is 11.6 Å². The fourth-order valence-corrected chi connectivity index (χ4v) is 1.37. The van der Waals surface area contributed by atoms with Crippen molar-refractivity contribution < 1.29 is 0 Å². The van der Waals surface area contributed by atoms with E-state index >= 15 is 0 Å². The maximum absolute atomic E-state index is 5.71. The number of benzene rings is 1. The van der Waals surface area contributed by atoms with Crippen molar-refractivity contribution in [1.29, 1.82) is 0 Å². The van der Waals surface area contributed by atoms with E-state index in [4.69, 9.17) is 23.2 Å². The quantitative estimate of drug-likeness (QED) is 0.876. The molecule has 13 heavy (non-hydrogen) atoms. The van der Waals surface area contributed by atoms with Crippen LogP contribution in [-0.4, -0.2) is 6.54 Å². The Morgan fingerprint density at radius 3 is 2.92 bits per heavy atom. The molecule has 0 amide bonds. The Morgan fingerprint density at radius 2 is 2.31 bits per heavy atom. The highest BCUT2D eigenvalue weighted by Gasteiger charge is 1.94. The van der Waals surface area contributed by atoms with Crippen molar-refractivity contribution in [2.75, 3.05) is 11.9 Å². The number of nitrogens with one attached hydrogen (secondary N) is 1. The first-order chi connectivity index (χ1) is 6.22. The topological polar surface area (TPSA) is 12.0 Å². The fraction of sp³-hybridized carbons (Fsp3) is 0.111. The summed E-state index contributed by atoms with van der Waals surface area (Å²) >= 11 is 14.5. The molecule has 0 aromatic heterocycles. The summed E-state index contributed by atoms with van der Waals surface area (Å²) in [5.41, 5.74) is 2.36. The van der Waals surface area contributed by atoms with Crippen molar-refractivity contribution in [1.82, 2.24) is 0 Å². The molecule has 1 aromatic rings. The van der Waals surface area contributed by atoms with Crippen LogP contribution < -0.4 is 5.32 Å². The van der Waals surface area contributed by atoms with Crippen LogP contribution in [0.15, 0.2) is 39.3 Å². The molecule has 0 aliphatic rings. The third kappa shape index (κ3) is 4.03. The van der Waals surface area contributed by atoms with E-state index in [0.717, 1.165) is 10.2 Å². The standard InChI is InChI=1S/C9H8BrCl2N/c10-7-2-1-3-9(4-7)13-6-8(12)5-11/h1-5,13H,6H2. The summed E-state index contributed by atoms with van der Waals surface area (Å²) in [7, 11) is 0. The average Bonchev–Trinajstić information content (AvgIpc) is 2.14. The van der Waals surface area contributed by atoms with Gasteiger partial charge in [-0.05, 0) is 18.2 Å². The van der Waals surface area contributed by atoms with Crippen LogP contribution in [0.5, 0.6) is 0 Å². The molecule has 1 aromatic carbocycles. The van der Waals surface area contributed by atoms with Crippen molar-refractivity contribution in [3.8, 4) is 0 Å². The molecule has 0 bridgehead atoms. The summed E-state index contributed by atoms with van der Waals surface area (Å²) in [4.78, 5) is 0. The second-order valence-corrected chi connectivity index (χ2v) is 4.04. The number of hydrogen-bond acceptors (Lipinski definition) is 1. The first-order valence-corrected chi connectivity index (χ1v) is 5.27. The Bertz CT molecular complexity index is 312. The lowest BCUT2D eigenvalue weighted by molar-refractivity contribution is 1.31. The Morgan fingerprint density at radius 1 is 1.54 bits per heavy atom. The highest BCUT2D eigenvalue weighted by Crippen LogP contribution is 2.16. The molecular weight excluding hydrogens is 273 g/mol. The van der Waals surface area contributed by atoms with E-state index in [1.165, 1.54) is 5.54 Å². The van der Waals surface area contributed by atoms with Gasteiger partial charge in [0.2, 0.25) is 0 Å². The van der Waals surface area contributed by atoms with E-state index in [9.17, 15) is 0 Å². The van der Waals surface area contributed by atoms with Gasteiger partial charge in [-0.3, -0.25) is 0 Å². The minimum absolute atomic E-state index is 0.543. The molecule has 70 valence electrons. The first kappa shape index (κ1) is 10.9. The number of halogens is 3. The third-order valence-electron chi connectivity index (χ3n) is 1.40. The molecule has 0 aliphatic heterocycles. The molecule has 4 heteroatoms. The zero-order chi connectivity index (χ0) is 9.68. The smallest absolute Gasteiger partial charge is 0.0516 e. The summed E-state index contributed by atoms with van der Waals surface area (Å²) in [5, 5.41) is 3.71. The second-order valence-electron chi connectivity index (χ2n) is 2.42. The highest BCUT2D eigenvalue weighted by atomic mass is 79.9. The Hall–Kier alpha value is -0.180.